The van der Waals surface area contributed by atoms with E-state index in [0.717, 1.165) is 21.9 Å². The van der Waals surface area contributed by atoms with Crippen LogP contribution in [0.2, 0.25) is 0 Å². The third-order valence-corrected chi connectivity index (χ3v) is 4.68. The van der Waals surface area contributed by atoms with Crippen LogP contribution in [-0.4, -0.2) is 14.1 Å². The lowest BCUT2D eigenvalue weighted by molar-refractivity contribution is -0.384. The molecule has 0 aliphatic rings. The molecule has 0 saturated heterocycles. The standard InChI is InChI=1S/C19H16N4O3/c1-11-9-17-18(15-10-12(20)3-8-16(15)21(17)2)22(19(11)24)13-4-6-14(7-5-13)23(25)26/h3-10H,20H2,1-2H3. The number of rotatable bonds is 2. The van der Waals surface area contributed by atoms with Crippen LogP contribution in [0.4, 0.5) is 11.4 Å². The summed E-state index contributed by atoms with van der Waals surface area (Å²) in [6.45, 7) is 1.76. The Morgan fingerprint density at radius 3 is 2.38 bits per heavy atom. The Morgan fingerprint density at radius 2 is 1.73 bits per heavy atom. The van der Waals surface area contributed by atoms with Gasteiger partial charge in [-0.2, -0.15) is 0 Å². The van der Waals surface area contributed by atoms with Crippen molar-refractivity contribution in [3.05, 3.63) is 74.6 Å². The highest BCUT2D eigenvalue weighted by atomic mass is 16.6. The molecule has 0 fully saturated rings. The predicted octanol–water partition coefficient (Wildman–Crippen LogP) is 3.28. The van der Waals surface area contributed by atoms with Crippen molar-refractivity contribution in [1.29, 1.82) is 0 Å². The number of hydrogen-bond donors (Lipinski definition) is 1. The predicted molar refractivity (Wildman–Crippen MR) is 102 cm³/mol. The Morgan fingerprint density at radius 1 is 1.04 bits per heavy atom. The van der Waals surface area contributed by atoms with Crippen LogP contribution >= 0.6 is 0 Å². The minimum Gasteiger partial charge on any atom is -0.399 e. The first-order valence-electron chi connectivity index (χ1n) is 8.03. The molecule has 130 valence electrons. The summed E-state index contributed by atoms with van der Waals surface area (Å²) in [6, 6.07) is 13.4. The van der Waals surface area contributed by atoms with Gasteiger partial charge in [-0.1, -0.05) is 0 Å². The van der Waals surface area contributed by atoms with Crippen LogP contribution in [0.15, 0.2) is 53.3 Å². The quantitative estimate of drug-likeness (QED) is 0.341. The van der Waals surface area contributed by atoms with Crippen molar-refractivity contribution in [3.63, 3.8) is 0 Å². The molecule has 0 atom stereocenters. The monoisotopic (exact) mass is 348 g/mol. The van der Waals surface area contributed by atoms with Crippen LogP contribution < -0.4 is 11.3 Å². The highest BCUT2D eigenvalue weighted by molar-refractivity contribution is 6.07. The van der Waals surface area contributed by atoms with E-state index in [0.29, 0.717) is 16.9 Å². The van der Waals surface area contributed by atoms with Crippen LogP contribution in [0.3, 0.4) is 0 Å². The molecule has 0 aliphatic carbocycles. The number of anilines is 1. The number of benzene rings is 2. The van der Waals surface area contributed by atoms with Gasteiger partial charge in [0.2, 0.25) is 0 Å². The van der Waals surface area contributed by atoms with Gasteiger partial charge in [0.25, 0.3) is 11.2 Å². The molecule has 7 heteroatoms. The van der Waals surface area contributed by atoms with Crippen LogP contribution in [0.1, 0.15) is 5.56 Å². The average molecular weight is 348 g/mol. The molecule has 0 unspecified atom stereocenters. The van der Waals surface area contributed by atoms with Gasteiger partial charge in [0.1, 0.15) is 0 Å². The first-order valence-corrected chi connectivity index (χ1v) is 8.03. The van der Waals surface area contributed by atoms with Crippen molar-refractivity contribution >= 4 is 33.3 Å². The largest absolute Gasteiger partial charge is 0.399 e. The molecule has 2 heterocycles. The molecule has 4 rings (SSSR count). The van der Waals surface area contributed by atoms with Gasteiger partial charge in [0.05, 0.1) is 21.5 Å². The molecule has 0 saturated carbocycles. The lowest BCUT2D eigenvalue weighted by Gasteiger charge is -2.10. The summed E-state index contributed by atoms with van der Waals surface area (Å²) in [5.74, 6) is 0. The summed E-state index contributed by atoms with van der Waals surface area (Å²) in [4.78, 5) is 23.4. The van der Waals surface area contributed by atoms with E-state index < -0.39 is 4.92 Å². The van der Waals surface area contributed by atoms with E-state index in [9.17, 15) is 14.9 Å². The van der Waals surface area contributed by atoms with Crippen molar-refractivity contribution in [2.75, 3.05) is 5.73 Å². The van der Waals surface area contributed by atoms with E-state index in [1.165, 1.54) is 12.1 Å². The van der Waals surface area contributed by atoms with Gasteiger partial charge in [0.15, 0.2) is 0 Å². The molecule has 0 amide bonds. The number of nitrogens with zero attached hydrogens (tertiary/aromatic N) is 3. The normalized spacial score (nSPS) is 11.3. The number of nitrogens with two attached hydrogens (primary N) is 1. The van der Waals surface area contributed by atoms with Crippen molar-refractivity contribution in [3.8, 4) is 5.69 Å². The molecule has 0 spiro atoms. The molecular formula is C19H16N4O3. The summed E-state index contributed by atoms with van der Waals surface area (Å²) >= 11 is 0. The molecule has 0 radical (unpaired) electrons. The van der Waals surface area contributed by atoms with Crippen molar-refractivity contribution in [1.82, 2.24) is 9.13 Å². The van der Waals surface area contributed by atoms with Gasteiger partial charge < -0.3 is 10.3 Å². The molecule has 2 N–H and O–H groups in total. The van der Waals surface area contributed by atoms with Gasteiger partial charge in [-0.25, -0.2) is 0 Å². The number of nitro benzene ring substituents is 1. The highest BCUT2D eigenvalue weighted by Gasteiger charge is 2.17. The Balaban J connectivity index is 2.17. The summed E-state index contributed by atoms with van der Waals surface area (Å²) in [5, 5.41) is 11.8. The molecule has 0 bridgehead atoms. The van der Waals surface area contributed by atoms with Gasteiger partial charge in [-0.3, -0.25) is 19.5 Å². The van der Waals surface area contributed by atoms with Gasteiger partial charge in [-0.05, 0) is 43.3 Å². The summed E-state index contributed by atoms with van der Waals surface area (Å²) in [5.41, 5.74) is 10.1. The van der Waals surface area contributed by atoms with Crippen LogP contribution in [0.25, 0.3) is 27.6 Å². The zero-order valence-corrected chi connectivity index (χ0v) is 14.3. The number of fused-ring (bicyclic) bond motifs is 3. The van der Waals surface area contributed by atoms with E-state index in [-0.39, 0.29) is 11.2 Å². The molecule has 26 heavy (non-hydrogen) atoms. The van der Waals surface area contributed by atoms with Gasteiger partial charge in [0, 0.05) is 41.5 Å². The van der Waals surface area contributed by atoms with Crippen molar-refractivity contribution < 1.29 is 4.92 Å². The molecular weight excluding hydrogens is 332 g/mol. The Hall–Kier alpha value is -3.61. The van der Waals surface area contributed by atoms with E-state index in [4.69, 9.17) is 5.73 Å². The van der Waals surface area contributed by atoms with Crippen molar-refractivity contribution in [2.45, 2.75) is 6.92 Å². The second-order valence-electron chi connectivity index (χ2n) is 6.31. The number of pyridine rings is 1. The molecule has 7 nitrogen and oxygen atoms in total. The highest BCUT2D eigenvalue weighted by Crippen LogP contribution is 2.31. The lowest BCUT2D eigenvalue weighted by atomic mass is 10.1. The lowest BCUT2D eigenvalue weighted by Crippen LogP contribution is -2.20. The first-order chi connectivity index (χ1) is 12.4. The molecule has 0 aliphatic heterocycles. The number of hydrogen-bond acceptors (Lipinski definition) is 4. The van der Waals surface area contributed by atoms with E-state index in [1.807, 2.05) is 35.9 Å². The number of nitro groups is 1. The van der Waals surface area contributed by atoms with Crippen LogP contribution in [0.5, 0.6) is 0 Å². The second-order valence-corrected chi connectivity index (χ2v) is 6.31. The maximum absolute atomic E-state index is 12.9. The number of non-ortho nitro benzene ring substituents is 1. The summed E-state index contributed by atoms with van der Waals surface area (Å²) in [7, 11) is 1.94. The van der Waals surface area contributed by atoms with E-state index in [2.05, 4.69) is 0 Å². The third-order valence-electron chi connectivity index (χ3n) is 4.68. The zero-order chi connectivity index (χ0) is 18.6. The summed E-state index contributed by atoms with van der Waals surface area (Å²) in [6.07, 6.45) is 0. The Kier molecular flexibility index (Phi) is 3.33. The SMILES string of the molecule is Cc1cc2c(c3cc(N)ccc3n2C)n(-c2ccc([N+](=O)[O-])cc2)c1=O. The number of aromatic nitrogens is 2. The minimum atomic E-state index is -0.461. The zero-order valence-electron chi connectivity index (χ0n) is 14.3. The van der Waals surface area contributed by atoms with Crippen LogP contribution in [-0.2, 0) is 7.05 Å². The fourth-order valence-corrected chi connectivity index (χ4v) is 3.38. The molecule has 2 aromatic heterocycles. The maximum atomic E-state index is 12.9. The van der Waals surface area contributed by atoms with Gasteiger partial charge >= 0.3 is 0 Å². The smallest absolute Gasteiger partial charge is 0.269 e. The Bertz CT molecular complexity index is 1250. The van der Waals surface area contributed by atoms with Crippen LogP contribution in [0, 0.1) is 17.0 Å². The van der Waals surface area contributed by atoms with Gasteiger partial charge in [-0.15, -0.1) is 0 Å². The molecule has 2 aromatic carbocycles. The topological polar surface area (TPSA) is 96.1 Å². The first kappa shape index (κ1) is 15.9. The van der Waals surface area contributed by atoms with E-state index >= 15 is 0 Å². The minimum absolute atomic E-state index is 0.0205. The second kappa shape index (κ2) is 5.45. The fraction of sp³-hybridized carbons (Fsp3) is 0.105. The number of nitrogen functional groups attached to an aromatic ring is 1. The average Bonchev–Trinajstić information content (AvgIpc) is 2.88. The molecule has 4 aromatic rings. The fourth-order valence-electron chi connectivity index (χ4n) is 3.38. The van der Waals surface area contributed by atoms with Crippen molar-refractivity contribution in [2.24, 2.45) is 7.05 Å². The third kappa shape index (κ3) is 2.17. The summed E-state index contributed by atoms with van der Waals surface area (Å²) < 4.78 is 3.61. The van der Waals surface area contributed by atoms with E-state index in [1.54, 1.807) is 23.6 Å². The maximum Gasteiger partial charge on any atom is 0.269 e. The number of aryl methyl sites for hydroxylation is 2. The Labute approximate surface area is 148 Å².